The third-order valence-electron chi connectivity index (χ3n) is 3.73. The number of carbonyl (C=O) groups is 2. The Hall–Kier alpha value is -3.24. The van der Waals surface area contributed by atoms with Crippen LogP contribution in [0.5, 0.6) is 0 Å². The van der Waals surface area contributed by atoms with Gasteiger partial charge >= 0.3 is 12.1 Å². The highest BCUT2D eigenvalue weighted by Crippen LogP contribution is 2.28. The summed E-state index contributed by atoms with van der Waals surface area (Å²) in [6.45, 7) is 1.77. The topological polar surface area (TPSA) is 104 Å². The molecule has 2 rings (SSSR count). The molecule has 0 aliphatic carbocycles. The molecule has 0 bridgehead atoms. The van der Waals surface area contributed by atoms with Crippen molar-refractivity contribution in [2.24, 2.45) is 0 Å². The van der Waals surface area contributed by atoms with E-state index in [0.29, 0.717) is 5.56 Å². The molecule has 2 heterocycles. The lowest BCUT2D eigenvalue weighted by molar-refractivity contribution is -0.172. The van der Waals surface area contributed by atoms with Crippen molar-refractivity contribution < 1.29 is 32.6 Å². The van der Waals surface area contributed by atoms with Crippen molar-refractivity contribution in [1.82, 2.24) is 15.4 Å². The normalized spacial score (nSPS) is 15.1. The summed E-state index contributed by atoms with van der Waals surface area (Å²) in [4.78, 5) is 26.8. The summed E-state index contributed by atoms with van der Waals surface area (Å²) in [6.07, 6.45) is -0.629. The first-order valence-electron chi connectivity index (χ1n) is 8.27. The van der Waals surface area contributed by atoms with Crippen LogP contribution in [0.4, 0.5) is 19.0 Å². The molecule has 0 saturated carbocycles. The van der Waals surface area contributed by atoms with E-state index in [1.54, 1.807) is 26.0 Å². The van der Waals surface area contributed by atoms with Crippen LogP contribution in [0, 0.1) is 0 Å². The fourth-order valence-corrected chi connectivity index (χ4v) is 2.29. The number of allylic oxidation sites excluding steroid dienone is 2. The van der Waals surface area contributed by atoms with Crippen LogP contribution in [0.3, 0.4) is 0 Å². The highest BCUT2D eigenvalue weighted by molar-refractivity contribution is 5.89. The van der Waals surface area contributed by atoms with Crippen molar-refractivity contribution in [2.75, 3.05) is 11.9 Å². The molecule has 0 fully saturated rings. The smallest absolute Gasteiger partial charge is 0.422 e. The molecule has 0 radical (unpaired) electrons. The standard InChI is InChI=1S/C17H19F3N4O4/c1-3-14(25)22-13-8-11(6-7-21-13)10(2)24-15(28-9-17(18,19)20)5-4-12(23-24)16(26)27/h4-8,10,23H,3,9H2,1-2H3,(H,26,27)(H,21,22,25). The third-order valence-corrected chi connectivity index (χ3v) is 3.73. The quantitative estimate of drug-likeness (QED) is 0.647. The highest BCUT2D eigenvalue weighted by atomic mass is 19.4. The number of rotatable bonds is 7. The number of hydrogen-bond acceptors (Lipinski definition) is 6. The van der Waals surface area contributed by atoms with Gasteiger partial charge in [-0.05, 0) is 30.7 Å². The van der Waals surface area contributed by atoms with Gasteiger partial charge in [0, 0.05) is 18.7 Å². The Morgan fingerprint density at radius 2 is 2.11 bits per heavy atom. The molecule has 1 amide bonds. The minimum atomic E-state index is -4.55. The van der Waals surface area contributed by atoms with Crippen LogP contribution in [0.2, 0.25) is 0 Å². The zero-order chi connectivity index (χ0) is 20.9. The van der Waals surface area contributed by atoms with Gasteiger partial charge in [0.15, 0.2) is 6.61 Å². The van der Waals surface area contributed by atoms with E-state index < -0.39 is 24.8 Å². The van der Waals surface area contributed by atoms with Crippen molar-refractivity contribution in [3.05, 3.63) is 47.6 Å². The first-order valence-corrected chi connectivity index (χ1v) is 8.27. The van der Waals surface area contributed by atoms with Crippen molar-refractivity contribution in [2.45, 2.75) is 32.5 Å². The number of aliphatic carboxylic acids is 1. The Bertz CT molecular complexity index is 808. The van der Waals surface area contributed by atoms with E-state index in [9.17, 15) is 22.8 Å². The number of halogens is 3. The van der Waals surface area contributed by atoms with Gasteiger partial charge in [-0.2, -0.15) is 13.2 Å². The number of nitrogens with zero attached hydrogens (tertiary/aromatic N) is 2. The SMILES string of the molecule is CCC(=O)Nc1cc(C(C)N2NC(C(=O)O)=CC=C2OCC(F)(F)F)ccn1. The average Bonchev–Trinajstić information content (AvgIpc) is 2.65. The molecule has 28 heavy (non-hydrogen) atoms. The molecule has 1 aliphatic rings. The number of carboxylic acids is 1. The molecule has 0 saturated heterocycles. The summed E-state index contributed by atoms with van der Waals surface area (Å²) < 4.78 is 42.4. The maximum Gasteiger partial charge on any atom is 0.422 e. The summed E-state index contributed by atoms with van der Waals surface area (Å²) in [6, 6.07) is 2.48. The number of alkyl halides is 3. The zero-order valence-corrected chi connectivity index (χ0v) is 15.1. The first-order chi connectivity index (χ1) is 13.1. The molecule has 11 heteroatoms. The van der Waals surface area contributed by atoms with Gasteiger partial charge in [0.1, 0.15) is 11.5 Å². The molecule has 1 aromatic rings. The fourth-order valence-electron chi connectivity index (χ4n) is 2.29. The molecule has 0 spiro atoms. The lowest BCUT2D eigenvalue weighted by atomic mass is 10.1. The van der Waals surface area contributed by atoms with Crippen LogP contribution in [0.15, 0.2) is 42.1 Å². The molecule has 1 unspecified atom stereocenters. The van der Waals surface area contributed by atoms with Gasteiger partial charge in [0.05, 0.1) is 6.04 Å². The predicted octanol–water partition coefficient (Wildman–Crippen LogP) is 2.70. The van der Waals surface area contributed by atoms with E-state index in [1.807, 2.05) is 0 Å². The van der Waals surface area contributed by atoms with E-state index in [0.717, 1.165) is 17.2 Å². The van der Waals surface area contributed by atoms with Crippen LogP contribution < -0.4 is 10.7 Å². The zero-order valence-electron chi connectivity index (χ0n) is 15.1. The van der Waals surface area contributed by atoms with Gasteiger partial charge in [-0.15, -0.1) is 0 Å². The summed E-state index contributed by atoms with van der Waals surface area (Å²) in [5, 5.41) is 12.9. The van der Waals surface area contributed by atoms with Gasteiger partial charge in [-0.1, -0.05) is 6.92 Å². The van der Waals surface area contributed by atoms with Crippen molar-refractivity contribution in [3.8, 4) is 0 Å². The number of nitrogens with one attached hydrogen (secondary N) is 2. The van der Waals surface area contributed by atoms with E-state index in [1.165, 1.54) is 6.20 Å². The van der Waals surface area contributed by atoms with Gasteiger partial charge in [-0.3, -0.25) is 10.2 Å². The molecule has 1 aromatic heterocycles. The van der Waals surface area contributed by atoms with Gasteiger partial charge in [-0.25, -0.2) is 14.8 Å². The molecular formula is C17H19F3N4O4. The van der Waals surface area contributed by atoms with Crippen LogP contribution in [0.25, 0.3) is 0 Å². The minimum Gasteiger partial charge on any atom is -0.477 e. The second kappa shape index (κ2) is 8.63. The molecule has 0 aromatic carbocycles. The Labute approximate surface area is 158 Å². The monoisotopic (exact) mass is 400 g/mol. The van der Waals surface area contributed by atoms with E-state index >= 15 is 0 Å². The number of carbonyl (C=O) groups excluding carboxylic acids is 1. The predicted molar refractivity (Wildman–Crippen MR) is 92.4 cm³/mol. The Morgan fingerprint density at radius 1 is 1.39 bits per heavy atom. The number of hydrogen-bond donors (Lipinski definition) is 3. The van der Waals surface area contributed by atoms with Crippen LogP contribution >= 0.6 is 0 Å². The molecule has 1 atom stereocenters. The maximum atomic E-state index is 12.5. The average molecular weight is 400 g/mol. The number of hydrazine groups is 1. The number of carboxylic acid groups (broad SMARTS) is 1. The fraction of sp³-hybridized carbons (Fsp3) is 0.353. The second-order valence-corrected chi connectivity index (χ2v) is 5.83. The van der Waals surface area contributed by atoms with E-state index in [2.05, 4.69) is 15.7 Å². The second-order valence-electron chi connectivity index (χ2n) is 5.83. The lowest BCUT2D eigenvalue weighted by Crippen LogP contribution is -2.43. The lowest BCUT2D eigenvalue weighted by Gasteiger charge is -2.35. The van der Waals surface area contributed by atoms with Crippen molar-refractivity contribution >= 4 is 17.7 Å². The molecule has 1 aliphatic heterocycles. The van der Waals surface area contributed by atoms with Crippen molar-refractivity contribution in [1.29, 1.82) is 0 Å². The summed E-state index contributed by atoms with van der Waals surface area (Å²) in [5.41, 5.74) is 2.86. The summed E-state index contributed by atoms with van der Waals surface area (Å²) >= 11 is 0. The highest BCUT2D eigenvalue weighted by Gasteiger charge is 2.32. The molecule has 152 valence electrons. The maximum absolute atomic E-state index is 12.5. The van der Waals surface area contributed by atoms with Crippen LogP contribution in [0.1, 0.15) is 31.9 Å². The minimum absolute atomic E-state index is 0.203. The summed E-state index contributed by atoms with van der Waals surface area (Å²) in [5.74, 6) is -1.47. The number of amides is 1. The van der Waals surface area contributed by atoms with E-state index in [-0.39, 0.29) is 29.7 Å². The van der Waals surface area contributed by atoms with Crippen molar-refractivity contribution in [3.63, 3.8) is 0 Å². The van der Waals surface area contributed by atoms with Gasteiger partial charge in [0.2, 0.25) is 11.8 Å². The number of pyridine rings is 1. The number of aromatic nitrogens is 1. The van der Waals surface area contributed by atoms with Gasteiger partial charge in [0.25, 0.3) is 0 Å². The van der Waals surface area contributed by atoms with Gasteiger partial charge < -0.3 is 15.2 Å². The number of anilines is 1. The molecule has 8 nitrogen and oxygen atoms in total. The first kappa shape index (κ1) is 21.1. The largest absolute Gasteiger partial charge is 0.477 e. The Kier molecular flexibility index (Phi) is 6.49. The summed E-state index contributed by atoms with van der Waals surface area (Å²) in [7, 11) is 0. The third kappa shape index (κ3) is 5.63. The molecular weight excluding hydrogens is 381 g/mol. The van der Waals surface area contributed by atoms with Crippen LogP contribution in [-0.4, -0.2) is 39.8 Å². The Balaban J connectivity index is 2.27. The Morgan fingerprint density at radius 3 is 2.71 bits per heavy atom. The van der Waals surface area contributed by atoms with E-state index in [4.69, 9.17) is 9.84 Å². The van der Waals surface area contributed by atoms with Crippen LogP contribution in [-0.2, 0) is 14.3 Å². The number of ether oxygens (including phenoxy) is 1. The molecule has 3 N–H and O–H groups in total.